The number of hydrogen-bond acceptors (Lipinski definition) is 6. The zero-order chi connectivity index (χ0) is 20.8. The van der Waals surface area contributed by atoms with E-state index in [4.69, 9.17) is 0 Å². The van der Waals surface area contributed by atoms with E-state index in [9.17, 15) is 9.59 Å². The molecule has 3 aromatic rings. The Morgan fingerprint density at radius 1 is 1.03 bits per heavy atom. The fraction of sp³-hybridized carbons (Fsp3) is 0.250. The molecule has 2 amide bonds. The topological polar surface area (TPSA) is 105 Å². The number of nitrogens with zero attached hydrogens (tertiary/aromatic N) is 5. The van der Waals surface area contributed by atoms with Gasteiger partial charge in [-0.1, -0.05) is 30.3 Å². The number of anilines is 1. The first-order valence-electron chi connectivity index (χ1n) is 9.09. The first-order valence-corrected chi connectivity index (χ1v) is 9.09. The van der Waals surface area contributed by atoms with Gasteiger partial charge in [0.25, 0.3) is 0 Å². The van der Waals surface area contributed by atoms with Crippen molar-refractivity contribution in [2.45, 2.75) is 6.04 Å². The lowest BCUT2D eigenvalue weighted by Gasteiger charge is -2.25. The predicted octanol–water partition coefficient (Wildman–Crippen LogP) is 1.23. The summed E-state index contributed by atoms with van der Waals surface area (Å²) >= 11 is 0. The van der Waals surface area contributed by atoms with Gasteiger partial charge < -0.3 is 15.5 Å². The van der Waals surface area contributed by atoms with Crippen molar-refractivity contribution in [1.82, 2.24) is 30.4 Å². The van der Waals surface area contributed by atoms with E-state index >= 15 is 0 Å². The number of rotatable bonds is 6. The predicted molar refractivity (Wildman–Crippen MR) is 109 cm³/mol. The monoisotopic (exact) mass is 393 g/mol. The molecule has 0 saturated heterocycles. The van der Waals surface area contributed by atoms with Crippen LogP contribution in [-0.2, 0) is 16.6 Å². The minimum atomic E-state index is -0.721. The second-order valence-corrected chi connectivity index (χ2v) is 6.73. The van der Waals surface area contributed by atoms with Crippen LogP contribution in [0.3, 0.4) is 0 Å². The van der Waals surface area contributed by atoms with Gasteiger partial charge in [0.15, 0.2) is 0 Å². The molecule has 0 fully saturated rings. The molecule has 0 aliphatic rings. The number of likely N-dealkylation sites (N-methyl/N-ethyl adjacent to an activating group) is 1. The maximum Gasteiger partial charge on any atom is 0.313 e. The lowest BCUT2D eigenvalue weighted by atomic mass is 10.1. The van der Waals surface area contributed by atoms with Crippen molar-refractivity contribution >= 4 is 17.5 Å². The van der Waals surface area contributed by atoms with E-state index in [0.29, 0.717) is 18.1 Å². The molecular weight excluding hydrogens is 370 g/mol. The number of tetrazole rings is 1. The highest BCUT2D eigenvalue weighted by Gasteiger charge is 2.19. The Labute approximate surface area is 168 Å². The largest absolute Gasteiger partial charge is 0.346 e. The molecular formula is C20H23N7O2. The van der Waals surface area contributed by atoms with E-state index in [0.717, 1.165) is 11.1 Å². The molecule has 1 atom stereocenters. The second-order valence-electron chi connectivity index (χ2n) is 6.73. The fourth-order valence-corrected chi connectivity index (χ4v) is 2.83. The van der Waals surface area contributed by atoms with Crippen LogP contribution >= 0.6 is 0 Å². The van der Waals surface area contributed by atoms with Crippen LogP contribution in [0.5, 0.6) is 0 Å². The van der Waals surface area contributed by atoms with Gasteiger partial charge in [0.1, 0.15) is 0 Å². The molecule has 0 saturated carbocycles. The van der Waals surface area contributed by atoms with Gasteiger partial charge in [0, 0.05) is 17.8 Å². The molecule has 9 nitrogen and oxygen atoms in total. The summed E-state index contributed by atoms with van der Waals surface area (Å²) in [6.45, 7) is 0.320. The smallest absolute Gasteiger partial charge is 0.313 e. The van der Waals surface area contributed by atoms with Crippen molar-refractivity contribution in [3.63, 3.8) is 0 Å². The van der Waals surface area contributed by atoms with Gasteiger partial charge in [-0.15, -0.1) is 10.2 Å². The van der Waals surface area contributed by atoms with Crippen molar-refractivity contribution in [2.24, 2.45) is 7.05 Å². The molecule has 0 spiro atoms. The Morgan fingerprint density at radius 2 is 1.72 bits per heavy atom. The van der Waals surface area contributed by atoms with Crippen molar-refractivity contribution in [3.05, 3.63) is 60.2 Å². The van der Waals surface area contributed by atoms with Gasteiger partial charge in [-0.05, 0) is 49.1 Å². The number of amides is 2. The van der Waals surface area contributed by atoms with Crippen molar-refractivity contribution < 1.29 is 9.59 Å². The van der Waals surface area contributed by atoms with E-state index in [-0.39, 0.29) is 6.04 Å². The van der Waals surface area contributed by atoms with Gasteiger partial charge in [-0.2, -0.15) is 4.80 Å². The number of aryl methyl sites for hydroxylation is 1. The molecule has 1 unspecified atom stereocenters. The molecule has 0 radical (unpaired) electrons. The summed E-state index contributed by atoms with van der Waals surface area (Å²) in [5.41, 5.74) is 2.33. The number of carbonyl (C=O) groups is 2. The van der Waals surface area contributed by atoms with Gasteiger partial charge in [0.2, 0.25) is 5.82 Å². The fourth-order valence-electron chi connectivity index (χ4n) is 2.83. The molecule has 0 bridgehead atoms. The quantitative estimate of drug-likeness (QED) is 0.611. The van der Waals surface area contributed by atoms with E-state index in [1.807, 2.05) is 49.3 Å². The number of aromatic nitrogens is 4. The van der Waals surface area contributed by atoms with E-state index in [1.165, 1.54) is 4.80 Å². The molecule has 9 heteroatoms. The Hall–Kier alpha value is -3.59. The van der Waals surface area contributed by atoms with Crippen LogP contribution in [0.2, 0.25) is 0 Å². The average Bonchev–Trinajstić information content (AvgIpc) is 3.15. The highest BCUT2D eigenvalue weighted by atomic mass is 16.2. The minimum absolute atomic E-state index is 0.0354. The number of carbonyl (C=O) groups excluding carboxylic acids is 2. The van der Waals surface area contributed by atoms with Crippen LogP contribution < -0.4 is 10.6 Å². The van der Waals surface area contributed by atoms with E-state index in [1.54, 1.807) is 31.3 Å². The Morgan fingerprint density at radius 3 is 2.31 bits per heavy atom. The van der Waals surface area contributed by atoms with E-state index in [2.05, 4.69) is 26.0 Å². The number of hydrogen-bond donors (Lipinski definition) is 2. The number of benzene rings is 2. The standard InChI is InChI=1S/C20H23N7O2/c1-26(2)17(14-7-5-4-6-8-14)13-21-19(28)20(29)22-16-11-9-15(10-12-16)18-23-25-27(3)24-18/h4-12,17H,13H2,1-3H3,(H,21,28)(H,22,29). The van der Waals surface area contributed by atoms with Crippen LogP contribution in [-0.4, -0.2) is 57.6 Å². The summed E-state index contributed by atoms with van der Waals surface area (Å²) in [5, 5.41) is 17.1. The molecule has 3 rings (SSSR count). The maximum atomic E-state index is 12.2. The van der Waals surface area contributed by atoms with Crippen LogP contribution in [0.4, 0.5) is 5.69 Å². The lowest BCUT2D eigenvalue weighted by molar-refractivity contribution is -0.136. The van der Waals surface area contributed by atoms with E-state index < -0.39 is 11.8 Å². The summed E-state index contributed by atoms with van der Waals surface area (Å²) in [5.74, 6) is -0.924. The summed E-state index contributed by atoms with van der Waals surface area (Å²) in [6.07, 6.45) is 0. The molecule has 1 aromatic heterocycles. The molecule has 1 heterocycles. The minimum Gasteiger partial charge on any atom is -0.346 e. The van der Waals surface area contributed by atoms with Gasteiger partial charge in [0.05, 0.1) is 13.1 Å². The average molecular weight is 393 g/mol. The summed E-state index contributed by atoms with van der Waals surface area (Å²) in [7, 11) is 5.54. The zero-order valence-electron chi connectivity index (χ0n) is 16.5. The highest BCUT2D eigenvalue weighted by molar-refractivity contribution is 6.39. The normalized spacial score (nSPS) is 11.9. The second kappa shape index (κ2) is 9.07. The third-order valence-electron chi connectivity index (χ3n) is 4.38. The van der Waals surface area contributed by atoms with Crippen molar-refractivity contribution in [1.29, 1.82) is 0 Å². The Balaban J connectivity index is 1.57. The zero-order valence-corrected chi connectivity index (χ0v) is 16.5. The maximum absolute atomic E-state index is 12.2. The van der Waals surface area contributed by atoms with Crippen molar-refractivity contribution in [2.75, 3.05) is 26.0 Å². The SMILES string of the molecule is CN(C)C(CNC(=O)C(=O)Nc1ccc(-c2nnn(C)n2)cc1)c1ccccc1. The molecule has 0 aliphatic carbocycles. The number of nitrogens with one attached hydrogen (secondary N) is 2. The Bertz CT molecular complexity index is 968. The molecule has 2 N–H and O–H groups in total. The summed E-state index contributed by atoms with van der Waals surface area (Å²) in [6, 6.07) is 16.6. The van der Waals surface area contributed by atoms with Crippen LogP contribution in [0.25, 0.3) is 11.4 Å². The first-order chi connectivity index (χ1) is 13.9. The van der Waals surface area contributed by atoms with Crippen LogP contribution in [0.1, 0.15) is 11.6 Å². The van der Waals surface area contributed by atoms with Gasteiger partial charge >= 0.3 is 11.8 Å². The van der Waals surface area contributed by atoms with Crippen LogP contribution in [0.15, 0.2) is 54.6 Å². The van der Waals surface area contributed by atoms with Crippen molar-refractivity contribution in [3.8, 4) is 11.4 Å². The summed E-state index contributed by atoms with van der Waals surface area (Å²) in [4.78, 5) is 27.8. The molecule has 0 aliphatic heterocycles. The van der Waals surface area contributed by atoms with Gasteiger partial charge in [-0.3, -0.25) is 9.59 Å². The Kier molecular flexibility index (Phi) is 6.30. The molecule has 29 heavy (non-hydrogen) atoms. The summed E-state index contributed by atoms with van der Waals surface area (Å²) < 4.78 is 0. The third-order valence-corrected chi connectivity index (χ3v) is 4.38. The van der Waals surface area contributed by atoms with Gasteiger partial charge in [-0.25, -0.2) is 0 Å². The molecule has 2 aromatic carbocycles. The third kappa shape index (κ3) is 5.23. The first kappa shape index (κ1) is 20.2. The highest BCUT2D eigenvalue weighted by Crippen LogP contribution is 2.18. The lowest BCUT2D eigenvalue weighted by Crippen LogP contribution is -2.40. The molecule has 150 valence electrons. The van der Waals surface area contributed by atoms with Crippen LogP contribution in [0, 0.1) is 0 Å².